The van der Waals surface area contributed by atoms with Crippen LogP contribution in [0.25, 0.3) is 10.8 Å². The zero-order chi connectivity index (χ0) is 62.3. The van der Waals surface area contributed by atoms with E-state index in [0.717, 1.165) is 102 Å². The molecule has 87 heavy (non-hydrogen) atoms. The molecule has 0 spiro atoms. The van der Waals surface area contributed by atoms with Gasteiger partial charge in [-0.1, -0.05) is 77.7 Å². The lowest BCUT2D eigenvalue weighted by Crippen LogP contribution is -2.52. The number of urea groups is 1. The minimum Gasteiger partial charge on any atom is -0.393 e. The maximum absolute atomic E-state index is 12.9. The number of aliphatic hydroxyl groups excluding tert-OH is 1. The molecule has 0 radical (unpaired) electrons. The third-order valence-corrected chi connectivity index (χ3v) is 22.5. The lowest BCUT2D eigenvalue weighted by molar-refractivity contribution is -0.121. The minimum atomic E-state index is -3.37. The Morgan fingerprint density at radius 1 is 0.897 bits per heavy atom. The Morgan fingerprint density at radius 2 is 1.59 bits per heavy atom. The van der Waals surface area contributed by atoms with Crippen molar-refractivity contribution in [3.8, 4) is 12.3 Å². The summed E-state index contributed by atoms with van der Waals surface area (Å²) in [5.41, 5.74) is 11.3. The zero-order valence-corrected chi connectivity index (χ0v) is 54.3. The molecule has 23 heteroatoms. The zero-order valence-electron chi connectivity index (χ0n) is 52.7. The number of fused-ring (bicyclic) bond motifs is 7. The number of aromatic nitrogens is 9. The monoisotopic (exact) mass is 1240 g/mol. The first kappa shape index (κ1) is 67.0. The van der Waals surface area contributed by atoms with Crippen LogP contribution >= 0.6 is 11.8 Å². The minimum absolute atomic E-state index is 0.0479. The molecule has 6 aliphatic rings. The van der Waals surface area contributed by atoms with Crippen LogP contribution in [0.2, 0.25) is 0 Å². The van der Waals surface area contributed by atoms with E-state index in [1.165, 1.54) is 38.5 Å². The lowest BCUT2D eigenvalue weighted by atomic mass is 9.47. The predicted octanol–water partition coefficient (Wildman–Crippen LogP) is 7.20. The number of aliphatic hydroxyl groups is 1. The molecular weight excluding hydrogens is 1140 g/mol. The van der Waals surface area contributed by atoms with Gasteiger partial charge in [0.25, 0.3) is 0 Å². The van der Waals surface area contributed by atoms with Crippen molar-refractivity contribution < 1.29 is 27.9 Å². The topological polar surface area (TPSA) is 267 Å². The summed E-state index contributed by atoms with van der Waals surface area (Å²) in [5, 5.41) is 48.1. The molecule has 4 aliphatic carbocycles. The number of hydrogen-bond acceptors (Lipinski definition) is 16. The quantitative estimate of drug-likeness (QED) is 0.0173. The van der Waals surface area contributed by atoms with E-state index in [9.17, 15) is 23.1 Å². The van der Waals surface area contributed by atoms with Crippen LogP contribution in [0.15, 0.2) is 71.5 Å². The van der Waals surface area contributed by atoms with Gasteiger partial charge in [0.1, 0.15) is 0 Å². The van der Waals surface area contributed by atoms with Crippen molar-refractivity contribution >= 4 is 50.0 Å². The molecule has 3 aromatic heterocycles. The second kappa shape index (κ2) is 31.0. The highest BCUT2D eigenvalue weighted by atomic mass is 32.2. The van der Waals surface area contributed by atoms with Gasteiger partial charge in [-0.05, 0) is 145 Å². The number of allylic oxidation sites excluding steroid dienone is 1. The van der Waals surface area contributed by atoms with Crippen molar-refractivity contribution in [2.24, 2.45) is 40.2 Å². The first-order valence-electron chi connectivity index (χ1n) is 31.5. The normalized spacial score (nSPS) is 26.3. The number of terminal acetylenes is 1. The Hall–Kier alpha value is -5.90. The number of amides is 3. The third-order valence-electron chi connectivity index (χ3n) is 19.2. The Labute approximate surface area is 520 Å². The average Bonchev–Trinajstić information content (AvgIpc) is 1.73. The molecular formula is C64H97N15O6S2. The average molecular weight is 1240 g/mol. The number of sulfone groups is 1. The summed E-state index contributed by atoms with van der Waals surface area (Å²) in [7, 11) is 0.536. The Kier molecular flexibility index (Phi) is 23.9. The van der Waals surface area contributed by atoms with Gasteiger partial charge in [0.15, 0.2) is 9.84 Å². The molecule has 7 N–H and O–H groups in total. The number of hydrogen-bond donors (Lipinski definition) is 6. The summed E-state index contributed by atoms with van der Waals surface area (Å²) in [6, 6.07) is 12.2. The van der Waals surface area contributed by atoms with E-state index in [-0.39, 0.29) is 35.9 Å². The predicted molar refractivity (Wildman–Crippen MR) is 344 cm³/mol. The fourth-order valence-electron chi connectivity index (χ4n) is 14.8. The van der Waals surface area contributed by atoms with Crippen molar-refractivity contribution in [1.29, 1.82) is 0 Å². The number of ether oxygens (including phenoxy) is 1. The van der Waals surface area contributed by atoms with Crippen molar-refractivity contribution in [3.05, 3.63) is 83.7 Å². The highest BCUT2D eigenvalue weighted by Gasteiger charge is 2.59. The Bertz CT molecular complexity index is 3230. The number of carbonyl (C=O) groups is 2. The number of nitrogens with two attached hydrogens (primary N) is 1. The number of rotatable bonds is 22. The molecule has 3 saturated carbocycles. The van der Waals surface area contributed by atoms with Crippen LogP contribution in [-0.2, 0) is 39.0 Å². The molecule has 2 aliphatic heterocycles. The lowest BCUT2D eigenvalue weighted by Gasteiger charge is -2.58. The molecule has 476 valence electrons. The second-order valence-electron chi connectivity index (χ2n) is 25.4. The van der Waals surface area contributed by atoms with Crippen LogP contribution in [0.1, 0.15) is 121 Å². The molecule has 11 atom stereocenters. The molecule has 5 fully saturated rings. The Morgan fingerprint density at radius 3 is 2.26 bits per heavy atom. The molecule has 11 rings (SSSR count). The van der Waals surface area contributed by atoms with Crippen LogP contribution in [0.4, 0.5) is 10.5 Å². The number of thioether (sulfide) groups is 1. The number of benzene rings is 2. The highest BCUT2D eigenvalue weighted by Crippen LogP contribution is 2.66. The van der Waals surface area contributed by atoms with E-state index in [0.29, 0.717) is 85.8 Å². The van der Waals surface area contributed by atoms with Crippen LogP contribution in [0.3, 0.4) is 0 Å². The van der Waals surface area contributed by atoms with Gasteiger partial charge >= 0.3 is 6.03 Å². The van der Waals surface area contributed by atoms with E-state index >= 15 is 0 Å². The molecule has 0 bridgehead atoms. The third kappa shape index (κ3) is 17.3. The SMILES string of the molecule is C#CCNC(C)[C@H]1CCC2C3CC=C4C[C@@H](O)CC[C@]4(C)C3CC[C@@]21C.Cc1cn(CCCS(=O)(=O)c2cccc3c(N(C)C)cccc23)nn1.Cc1cn(CCN)nn1.Cc1cn(CCOCCNC(=O)CCCCC2SCC3NC(=O)NC32)nn1. The van der Waals surface area contributed by atoms with Crippen LogP contribution < -0.4 is 31.9 Å². The first-order chi connectivity index (χ1) is 41.7. The van der Waals surface area contributed by atoms with E-state index in [2.05, 4.69) is 85.0 Å². The maximum Gasteiger partial charge on any atom is 0.315 e. The summed E-state index contributed by atoms with van der Waals surface area (Å²) in [6.07, 6.45) is 27.3. The number of carbonyl (C=O) groups excluding carboxylic acids is 2. The first-order valence-corrected chi connectivity index (χ1v) is 34.2. The Balaban J connectivity index is 0.000000158. The number of anilines is 1. The molecule has 3 amide bonds. The van der Waals surface area contributed by atoms with Gasteiger partial charge < -0.3 is 41.7 Å². The molecule has 21 nitrogen and oxygen atoms in total. The van der Waals surface area contributed by atoms with Gasteiger partial charge in [0.2, 0.25) is 5.91 Å². The summed E-state index contributed by atoms with van der Waals surface area (Å²) in [5.74, 6) is 7.18. The summed E-state index contributed by atoms with van der Waals surface area (Å²) >= 11 is 1.91. The van der Waals surface area contributed by atoms with Crippen LogP contribution in [0, 0.1) is 67.6 Å². The maximum atomic E-state index is 12.9. The summed E-state index contributed by atoms with van der Waals surface area (Å²) in [4.78, 5) is 25.6. The largest absolute Gasteiger partial charge is 0.393 e. The van der Waals surface area contributed by atoms with Gasteiger partial charge in [-0.3, -0.25) is 14.2 Å². The smallest absolute Gasteiger partial charge is 0.315 e. The van der Waals surface area contributed by atoms with E-state index in [4.69, 9.17) is 16.9 Å². The number of unbranched alkanes of at least 4 members (excludes halogenated alkanes) is 1. The molecule has 5 heterocycles. The molecule has 2 aromatic carbocycles. The van der Waals surface area contributed by atoms with Gasteiger partial charge in [-0.15, -0.1) is 21.7 Å². The van der Waals surface area contributed by atoms with Crippen molar-refractivity contribution in [1.82, 2.24) is 66.2 Å². The highest BCUT2D eigenvalue weighted by molar-refractivity contribution is 8.00. The molecule has 5 aromatic rings. The summed E-state index contributed by atoms with van der Waals surface area (Å²) < 4.78 is 36.4. The molecule has 7 unspecified atom stereocenters. The van der Waals surface area contributed by atoms with Crippen molar-refractivity contribution in [2.45, 2.75) is 179 Å². The summed E-state index contributed by atoms with van der Waals surface area (Å²) in [6.45, 7) is 17.9. The number of nitrogens with zero attached hydrogens (tertiary/aromatic N) is 10. The van der Waals surface area contributed by atoms with Gasteiger partial charge in [-0.25, -0.2) is 17.9 Å². The van der Waals surface area contributed by atoms with Crippen LogP contribution in [-0.4, -0.2) is 158 Å². The van der Waals surface area contributed by atoms with Crippen molar-refractivity contribution in [3.63, 3.8) is 0 Å². The van der Waals surface area contributed by atoms with E-state index < -0.39 is 9.84 Å². The van der Waals surface area contributed by atoms with Crippen LogP contribution in [0.5, 0.6) is 0 Å². The second-order valence-corrected chi connectivity index (χ2v) is 28.8. The number of nitrogens with one attached hydrogen (secondary N) is 4. The van der Waals surface area contributed by atoms with E-state index in [1.54, 1.807) is 25.7 Å². The van der Waals surface area contributed by atoms with Crippen molar-refractivity contribution in [2.75, 3.05) is 63.3 Å². The van der Waals surface area contributed by atoms with E-state index in [1.807, 2.05) is 100 Å². The fraction of sp³-hybridized carbons (Fsp3) is 0.656. The van der Waals surface area contributed by atoms with Gasteiger partial charge in [-0.2, -0.15) is 11.8 Å². The number of aryl methyl sites for hydroxylation is 4. The van der Waals surface area contributed by atoms with Gasteiger partial charge in [0, 0.05) is 92.2 Å². The standard InChI is InChI=1S/C24H37NO.C18H22N4O2S.C17H28N6O3S.C5H10N4/c1-5-14-25-16(2)20-8-9-21-19-7-6-17-15-18(26)10-12-23(17,3)22(19)11-13-24(20,21)4;1-14-13-22(20-19-14)11-6-12-25(23,24)18-10-5-7-15-16(18)8-4-9-17(15)21(2)3;1-12-10-23(22-21-12)7-9-26-8-6-18-15(24)5-3-2-4-14-16-13(11-27-14)19-17(25)20-16;1-5-4-9(3-2-6)8-7-5/h1,6,16,18-22,25-26H,7-15H2,2-4H3;4-5,7-10,13H,6,11-12H2,1-3H3;10,13-14,16H,2-9,11H2,1H3,(H,18,24)(H2,19,20,25);4H,2-3,6H2,1H3/t16?,18-,19?,20+,21?,22?,23-,24+;;;/m0.../s1. The fourth-order valence-corrected chi connectivity index (χ4v) is 17.9. The van der Waals surface area contributed by atoms with Gasteiger partial charge in [0.05, 0.1) is 78.8 Å². The molecule has 2 saturated heterocycles.